The number of fused-ring (bicyclic) bond motifs is 1. The molecule has 1 aromatic carbocycles. The maximum Gasteiger partial charge on any atom is 0.270 e. The van der Waals surface area contributed by atoms with Crippen LogP contribution in [0.2, 0.25) is 5.02 Å². The van der Waals surface area contributed by atoms with E-state index in [0.29, 0.717) is 17.9 Å². The summed E-state index contributed by atoms with van der Waals surface area (Å²) in [6, 6.07) is 9.70. The fraction of sp³-hybridized carbons (Fsp3) is 0.458. The van der Waals surface area contributed by atoms with Crippen LogP contribution in [0, 0.1) is 0 Å². The quantitative estimate of drug-likeness (QED) is 0.543. The van der Waals surface area contributed by atoms with Crippen LogP contribution in [0.15, 0.2) is 41.2 Å². The molecule has 0 radical (unpaired) electrons. The van der Waals surface area contributed by atoms with Crippen molar-refractivity contribution in [1.29, 1.82) is 0 Å². The van der Waals surface area contributed by atoms with Crippen molar-refractivity contribution in [3.05, 3.63) is 68.6 Å². The summed E-state index contributed by atoms with van der Waals surface area (Å²) >= 11 is 5.87. The van der Waals surface area contributed by atoms with Gasteiger partial charge in [0.05, 0.1) is 16.1 Å². The van der Waals surface area contributed by atoms with Crippen LogP contribution >= 0.6 is 11.6 Å². The number of benzene rings is 1. The highest BCUT2D eigenvalue weighted by atomic mass is 35.5. The third-order valence-corrected chi connectivity index (χ3v) is 10.4. The number of aromatic nitrogens is 1. The Kier molecular flexibility index (Phi) is 6.58. The summed E-state index contributed by atoms with van der Waals surface area (Å²) in [5, 5.41) is 12.9. The van der Waals surface area contributed by atoms with Gasteiger partial charge in [-0.15, -0.1) is 0 Å². The Morgan fingerprint density at radius 2 is 1.77 bits per heavy atom. The fourth-order valence-electron chi connectivity index (χ4n) is 4.34. The van der Waals surface area contributed by atoms with Crippen LogP contribution in [-0.4, -0.2) is 64.0 Å². The molecule has 188 valence electrons. The Bertz CT molecular complexity index is 1330. The molecular formula is C24H28ClN3O6S. The van der Waals surface area contributed by atoms with Gasteiger partial charge in [0.25, 0.3) is 17.4 Å². The van der Waals surface area contributed by atoms with Gasteiger partial charge in [-0.3, -0.25) is 14.4 Å². The van der Waals surface area contributed by atoms with E-state index in [1.165, 1.54) is 35.4 Å². The van der Waals surface area contributed by atoms with E-state index in [1.807, 2.05) is 0 Å². The monoisotopic (exact) mass is 521 g/mol. The van der Waals surface area contributed by atoms with E-state index in [4.69, 9.17) is 11.6 Å². The fourth-order valence-corrected chi connectivity index (χ4v) is 6.78. The van der Waals surface area contributed by atoms with Gasteiger partial charge in [-0.1, -0.05) is 23.7 Å². The lowest BCUT2D eigenvalue weighted by Gasteiger charge is -2.35. The molecule has 2 amide bonds. The Hall–Kier alpha value is -2.69. The van der Waals surface area contributed by atoms with E-state index in [-0.39, 0.29) is 37.4 Å². The molecule has 1 fully saturated rings. The molecule has 0 saturated heterocycles. The number of rotatable bonds is 8. The van der Waals surface area contributed by atoms with Gasteiger partial charge in [-0.25, -0.2) is 8.42 Å². The normalized spacial score (nSPS) is 17.1. The lowest BCUT2D eigenvalue weighted by Crippen LogP contribution is -2.53. The van der Waals surface area contributed by atoms with Crippen LogP contribution in [-0.2, 0) is 22.9 Å². The molecule has 2 heterocycles. The van der Waals surface area contributed by atoms with Crippen LogP contribution in [0.3, 0.4) is 0 Å². The molecule has 35 heavy (non-hydrogen) atoms. The first-order valence-corrected chi connectivity index (χ1v) is 13.2. The number of hydrogen-bond acceptors (Lipinski definition) is 6. The highest BCUT2D eigenvalue weighted by Crippen LogP contribution is 2.49. The largest absolute Gasteiger partial charge is 0.395 e. The third kappa shape index (κ3) is 4.50. The predicted octanol–water partition coefficient (Wildman–Crippen LogP) is 1.61. The third-order valence-electron chi connectivity index (χ3n) is 6.85. The first kappa shape index (κ1) is 25.4. The number of sulfone groups is 1. The second-order valence-corrected chi connectivity index (χ2v) is 13.1. The second-order valence-electron chi connectivity index (χ2n) is 9.73. The van der Waals surface area contributed by atoms with E-state index in [0.717, 1.165) is 5.56 Å². The molecule has 1 saturated carbocycles. The number of halogens is 1. The molecule has 2 aliphatic rings. The number of carbonyl (C=O) groups is 2. The minimum absolute atomic E-state index is 0.00904. The van der Waals surface area contributed by atoms with E-state index in [1.54, 1.807) is 24.3 Å². The molecule has 1 aromatic heterocycles. The first-order chi connectivity index (χ1) is 16.4. The SMILES string of the molecule is CC(C)(CO)S(=O)(=O)C1(CN2CCn3c(ccc(C(=O)NCc4ccc(Cl)cc4)c3=O)C2=O)CC1. The second kappa shape index (κ2) is 9.07. The molecule has 0 unspecified atom stereocenters. The van der Waals surface area contributed by atoms with Crippen molar-refractivity contribution in [3.63, 3.8) is 0 Å². The van der Waals surface area contributed by atoms with Crippen LogP contribution in [0.25, 0.3) is 0 Å². The van der Waals surface area contributed by atoms with Crippen molar-refractivity contribution < 1.29 is 23.1 Å². The van der Waals surface area contributed by atoms with Crippen molar-refractivity contribution >= 4 is 33.3 Å². The minimum atomic E-state index is -3.71. The molecule has 9 nitrogen and oxygen atoms in total. The molecule has 11 heteroatoms. The van der Waals surface area contributed by atoms with Crippen molar-refractivity contribution in [1.82, 2.24) is 14.8 Å². The summed E-state index contributed by atoms with van der Waals surface area (Å²) in [6.45, 7) is 2.98. The summed E-state index contributed by atoms with van der Waals surface area (Å²) in [5.74, 6) is -1.01. The van der Waals surface area contributed by atoms with Gasteiger partial charge >= 0.3 is 0 Å². The van der Waals surface area contributed by atoms with Gasteiger partial charge in [0.2, 0.25) is 0 Å². The zero-order valence-corrected chi connectivity index (χ0v) is 21.2. The maximum atomic E-state index is 13.2. The summed E-state index contributed by atoms with van der Waals surface area (Å²) in [6.07, 6.45) is 0.837. The number of carbonyl (C=O) groups excluding carboxylic acids is 2. The molecular weight excluding hydrogens is 494 g/mol. The topological polar surface area (TPSA) is 126 Å². The molecule has 1 aliphatic carbocycles. The Labute approximate surface area is 208 Å². The smallest absolute Gasteiger partial charge is 0.270 e. The van der Waals surface area contributed by atoms with Crippen molar-refractivity contribution in [3.8, 4) is 0 Å². The number of aliphatic hydroxyl groups is 1. The lowest BCUT2D eigenvalue weighted by atomic mass is 10.1. The summed E-state index contributed by atoms with van der Waals surface area (Å²) < 4.78 is 25.2. The Morgan fingerprint density at radius 3 is 2.37 bits per heavy atom. The number of nitrogens with one attached hydrogen (secondary N) is 1. The first-order valence-electron chi connectivity index (χ1n) is 11.3. The van der Waals surface area contributed by atoms with Gasteiger partial charge in [0.15, 0.2) is 9.84 Å². The Balaban J connectivity index is 1.50. The van der Waals surface area contributed by atoms with Crippen molar-refractivity contribution in [2.24, 2.45) is 0 Å². The number of hydrogen-bond donors (Lipinski definition) is 2. The molecule has 1 aliphatic heterocycles. The molecule has 2 N–H and O–H groups in total. The summed E-state index contributed by atoms with van der Waals surface area (Å²) in [7, 11) is -3.71. The van der Waals surface area contributed by atoms with Crippen molar-refractivity contribution in [2.45, 2.75) is 49.3 Å². The zero-order valence-electron chi connectivity index (χ0n) is 19.6. The van der Waals surface area contributed by atoms with Crippen molar-refractivity contribution in [2.75, 3.05) is 19.7 Å². The van der Waals surface area contributed by atoms with Gasteiger partial charge < -0.3 is 19.9 Å². The number of pyridine rings is 1. The lowest BCUT2D eigenvalue weighted by molar-refractivity contribution is 0.0694. The molecule has 0 bridgehead atoms. The summed E-state index contributed by atoms with van der Waals surface area (Å²) in [5.41, 5.74) is 0.291. The predicted molar refractivity (Wildman–Crippen MR) is 131 cm³/mol. The number of amides is 2. The van der Waals surface area contributed by atoms with Crippen LogP contribution in [0.1, 0.15) is 53.1 Å². The van der Waals surface area contributed by atoms with Gasteiger partial charge in [0.1, 0.15) is 11.3 Å². The zero-order chi connectivity index (χ0) is 25.6. The maximum absolute atomic E-state index is 13.2. The number of nitrogens with zero attached hydrogens (tertiary/aromatic N) is 2. The Morgan fingerprint density at radius 1 is 1.11 bits per heavy atom. The molecule has 0 atom stereocenters. The molecule has 4 rings (SSSR count). The standard InChI is InChI=1S/C24H28ClN3O6S/c1-23(2,15-29)35(33,34)24(9-10-24)14-27-11-12-28-19(22(27)32)8-7-18(21(28)31)20(30)26-13-16-3-5-17(25)6-4-16/h3-8,29H,9-15H2,1-2H3,(H,26,30). The molecule has 0 spiro atoms. The van der Waals surface area contributed by atoms with Crippen LogP contribution < -0.4 is 10.9 Å². The average Bonchev–Trinajstić information content (AvgIpc) is 3.62. The van der Waals surface area contributed by atoms with E-state index in [2.05, 4.69) is 5.32 Å². The van der Waals surface area contributed by atoms with Gasteiger partial charge in [-0.2, -0.15) is 0 Å². The van der Waals surface area contributed by atoms with E-state index >= 15 is 0 Å². The minimum Gasteiger partial charge on any atom is -0.395 e. The molecule has 2 aromatic rings. The highest BCUT2D eigenvalue weighted by molar-refractivity contribution is 7.94. The van der Waals surface area contributed by atoms with E-state index in [9.17, 15) is 27.9 Å². The average molecular weight is 522 g/mol. The van der Waals surface area contributed by atoms with E-state index < -0.39 is 43.3 Å². The number of aliphatic hydroxyl groups excluding tert-OH is 1. The summed E-state index contributed by atoms with van der Waals surface area (Å²) in [4.78, 5) is 40.2. The van der Waals surface area contributed by atoms with Crippen LogP contribution in [0.4, 0.5) is 0 Å². The highest BCUT2D eigenvalue weighted by Gasteiger charge is 2.60. The van der Waals surface area contributed by atoms with Gasteiger partial charge in [0, 0.05) is 31.2 Å². The van der Waals surface area contributed by atoms with Gasteiger partial charge in [-0.05, 0) is 56.5 Å². The van der Waals surface area contributed by atoms with Crippen LogP contribution in [0.5, 0.6) is 0 Å².